The van der Waals surface area contributed by atoms with E-state index in [1.165, 1.54) is 0 Å². The van der Waals surface area contributed by atoms with E-state index in [1.807, 2.05) is 75.6 Å². The Morgan fingerprint density at radius 2 is 1.77 bits per heavy atom. The Morgan fingerprint density at radius 3 is 2.43 bits per heavy atom. The number of allylic oxidation sites excluding steroid dienone is 1. The molecule has 2 aromatic carbocycles. The number of halogens is 1. The molecule has 0 radical (unpaired) electrons. The highest BCUT2D eigenvalue weighted by Gasteiger charge is 2.24. The molecule has 0 aliphatic carbocycles. The summed E-state index contributed by atoms with van der Waals surface area (Å²) in [7, 11) is 7.73. The van der Waals surface area contributed by atoms with Gasteiger partial charge in [-0.05, 0) is 32.4 Å². The van der Waals surface area contributed by atoms with Crippen molar-refractivity contribution in [1.82, 2.24) is 9.80 Å². The largest absolute Gasteiger partial charge is 0.490 e. The highest BCUT2D eigenvalue weighted by Crippen LogP contribution is 2.38. The zero-order valence-electron chi connectivity index (χ0n) is 21.3. The van der Waals surface area contributed by atoms with Gasteiger partial charge >= 0.3 is 0 Å². The molecule has 2 aromatic rings. The van der Waals surface area contributed by atoms with E-state index in [0.29, 0.717) is 29.7 Å². The van der Waals surface area contributed by atoms with Crippen LogP contribution in [0.25, 0.3) is 0 Å². The van der Waals surface area contributed by atoms with Gasteiger partial charge in [-0.25, -0.2) is 9.98 Å². The number of fused-ring (bicyclic) bond motifs is 1. The molecule has 0 amide bonds. The van der Waals surface area contributed by atoms with Crippen LogP contribution in [0.3, 0.4) is 0 Å². The lowest BCUT2D eigenvalue weighted by Gasteiger charge is -2.18. The normalized spacial score (nSPS) is 14.7. The zero-order valence-corrected chi connectivity index (χ0v) is 22.8. The van der Waals surface area contributed by atoms with Crippen LogP contribution in [0.4, 0.5) is 11.4 Å². The molecular formula is C26H34ClN5O2S. The fourth-order valence-corrected chi connectivity index (χ4v) is 4.30. The number of nitrogens with zero attached hydrogens (tertiary/aromatic N) is 4. The van der Waals surface area contributed by atoms with Crippen LogP contribution >= 0.6 is 23.4 Å². The van der Waals surface area contributed by atoms with Crippen molar-refractivity contribution in [2.24, 2.45) is 9.98 Å². The lowest BCUT2D eigenvalue weighted by atomic mass is 9.99. The molecule has 3 rings (SSSR count). The molecular weight excluding hydrogens is 482 g/mol. The molecule has 188 valence electrons. The summed E-state index contributed by atoms with van der Waals surface area (Å²) in [5.74, 6) is 0.600. The molecule has 0 saturated carbocycles. The van der Waals surface area contributed by atoms with Crippen molar-refractivity contribution >= 4 is 45.5 Å². The van der Waals surface area contributed by atoms with Gasteiger partial charge in [0.15, 0.2) is 0 Å². The van der Waals surface area contributed by atoms with Gasteiger partial charge in [0, 0.05) is 62.2 Å². The number of nitrogens with two attached hydrogens (primary N) is 1. The third kappa shape index (κ3) is 6.58. The Balaban J connectivity index is 2.09. The van der Waals surface area contributed by atoms with Crippen LogP contribution in [0.1, 0.15) is 18.1 Å². The maximum atomic E-state index is 6.62. The van der Waals surface area contributed by atoms with Crippen molar-refractivity contribution in [3.8, 4) is 5.75 Å². The van der Waals surface area contributed by atoms with Gasteiger partial charge in [0.25, 0.3) is 0 Å². The number of hydrogen-bond acceptors (Lipinski definition) is 8. The molecule has 1 heterocycles. The van der Waals surface area contributed by atoms with E-state index in [0.717, 1.165) is 52.1 Å². The summed E-state index contributed by atoms with van der Waals surface area (Å²) in [6.07, 6.45) is 2.00. The molecule has 0 atom stereocenters. The highest BCUT2D eigenvalue weighted by atomic mass is 35.5. The monoisotopic (exact) mass is 515 g/mol. The van der Waals surface area contributed by atoms with Gasteiger partial charge in [-0.15, -0.1) is 11.8 Å². The van der Waals surface area contributed by atoms with Gasteiger partial charge in [0.1, 0.15) is 23.1 Å². The van der Waals surface area contributed by atoms with Crippen molar-refractivity contribution in [2.45, 2.75) is 6.92 Å². The predicted molar refractivity (Wildman–Crippen MR) is 150 cm³/mol. The van der Waals surface area contributed by atoms with Crippen LogP contribution in [-0.2, 0) is 4.74 Å². The summed E-state index contributed by atoms with van der Waals surface area (Å²) in [6.45, 7) is 4.79. The fraction of sp³-hybridized carbons (Fsp3) is 0.385. The molecule has 0 fully saturated rings. The van der Waals surface area contributed by atoms with E-state index in [-0.39, 0.29) is 0 Å². The van der Waals surface area contributed by atoms with Crippen LogP contribution in [0.2, 0.25) is 5.02 Å². The second-order valence-electron chi connectivity index (χ2n) is 8.44. The number of nitrogen functional groups attached to an aromatic ring is 1. The SMILES string of the molecule is COCCN(C)CCOc1cc2c(cc1N)C(c1ccccc1Cl)=N/C(=C(/C)N(C)C)C(SC)=N2. The first-order valence-corrected chi connectivity index (χ1v) is 13.0. The fourth-order valence-electron chi connectivity index (χ4n) is 3.49. The van der Waals surface area contributed by atoms with Gasteiger partial charge in [-0.2, -0.15) is 0 Å². The van der Waals surface area contributed by atoms with Crippen LogP contribution in [0, 0.1) is 0 Å². The number of rotatable bonds is 9. The maximum absolute atomic E-state index is 6.62. The zero-order chi connectivity index (χ0) is 25.5. The standard InChI is InChI=1S/C26H34ClN5O2S/c1-17(31(2)3)24-26(35-6)29-22-16-23(34-14-12-32(4)11-13-33-5)21(28)15-19(22)25(30-24)18-9-7-8-10-20(18)27/h7-10,15-16H,11-14,28H2,1-6H3/b24-17-. The Bertz CT molecular complexity index is 1150. The first-order valence-electron chi connectivity index (χ1n) is 11.4. The predicted octanol–water partition coefficient (Wildman–Crippen LogP) is 4.92. The molecule has 0 aromatic heterocycles. The quantitative estimate of drug-likeness (QED) is 0.478. The average Bonchev–Trinajstić information content (AvgIpc) is 2.99. The minimum absolute atomic E-state index is 0.499. The van der Waals surface area contributed by atoms with Crippen LogP contribution in [0.15, 0.2) is 57.8 Å². The van der Waals surface area contributed by atoms with Gasteiger partial charge < -0.3 is 25.0 Å². The van der Waals surface area contributed by atoms with Gasteiger partial charge in [0.05, 0.1) is 23.7 Å². The van der Waals surface area contributed by atoms with Gasteiger partial charge in [-0.3, -0.25) is 0 Å². The van der Waals surface area contributed by atoms with E-state index in [4.69, 9.17) is 36.8 Å². The van der Waals surface area contributed by atoms with Crippen molar-refractivity contribution in [2.75, 3.05) is 66.5 Å². The van der Waals surface area contributed by atoms with E-state index < -0.39 is 0 Å². The first-order chi connectivity index (χ1) is 16.8. The minimum atomic E-state index is 0.499. The van der Waals surface area contributed by atoms with Crippen molar-refractivity contribution in [1.29, 1.82) is 0 Å². The molecule has 0 unspecified atom stereocenters. The summed E-state index contributed by atoms with van der Waals surface area (Å²) < 4.78 is 11.2. The molecule has 7 nitrogen and oxygen atoms in total. The van der Waals surface area contributed by atoms with Crippen molar-refractivity contribution in [3.63, 3.8) is 0 Å². The van der Waals surface area contributed by atoms with Crippen LogP contribution < -0.4 is 10.5 Å². The van der Waals surface area contributed by atoms with Gasteiger partial charge in [-0.1, -0.05) is 29.8 Å². The third-order valence-electron chi connectivity index (χ3n) is 5.77. The van der Waals surface area contributed by atoms with Crippen LogP contribution in [-0.4, -0.2) is 81.4 Å². The molecule has 35 heavy (non-hydrogen) atoms. The second-order valence-corrected chi connectivity index (χ2v) is 9.64. The Labute approximate surface area is 217 Å². The molecule has 1 aliphatic heterocycles. The Morgan fingerprint density at radius 1 is 1.06 bits per heavy atom. The lowest BCUT2D eigenvalue weighted by Crippen LogP contribution is -2.27. The second kappa shape index (κ2) is 12.4. The maximum Gasteiger partial charge on any atom is 0.144 e. The first kappa shape index (κ1) is 27.1. The Hall–Kier alpha value is -2.52. The van der Waals surface area contributed by atoms with Crippen LogP contribution in [0.5, 0.6) is 5.75 Å². The molecule has 0 spiro atoms. The summed E-state index contributed by atoms with van der Waals surface area (Å²) in [4.78, 5) is 14.3. The van der Waals surface area contributed by atoms with E-state index in [1.54, 1.807) is 18.9 Å². The molecule has 0 bridgehead atoms. The number of benzene rings is 2. The number of aliphatic imine (C=N–C) groups is 2. The number of thioether (sulfide) groups is 1. The topological polar surface area (TPSA) is 75.7 Å². The number of likely N-dealkylation sites (N-methyl/N-ethyl adjacent to an activating group) is 1. The molecule has 9 heteroatoms. The van der Waals surface area contributed by atoms with Crippen molar-refractivity contribution in [3.05, 3.63) is 63.9 Å². The number of ether oxygens (including phenoxy) is 2. The summed E-state index contributed by atoms with van der Waals surface area (Å²) in [5, 5.41) is 1.43. The van der Waals surface area contributed by atoms with Gasteiger partial charge in [0.2, 0.25) is 0 Å². The van der Waals surface area contributed by atoms with E-state index in [9.17, 15) is 0 Å². The smallest absolute Gasteiger partial charge is 0.144 e. The highest BCUT2D eigenvalue weighted by molar-refractivity contribution is 8.13. The third-order valence-corrected chi connectivity index (χ3v) is 6.78. The summed E-state index contributed by atoms with van der Waals surface area (Å²) in [5.41, 5.74) is 11.9. The average molecular weight is 516 g/mol. The lowest BCUT2D eigenvalue weighted by molar-refractivity contribution is 0.150. The summed E-state index contributed by atoms with van der Waals surface area (Å²) in [6, 6.07) is 11.5. The summed E-state index contributed by atoms with van der Waals surface area (Å²) >= 11 is 8.18. The van der Waals surface area contributed by atoms with E-state index >= 15 is 0 Å². The molecule has 1 aliphatic rings. The minimum Gasteiger partial charge on any atom is -0.490 e. The number of anilines is 1. The van der Waals surface area contributed by atoms with Crippen molar-refractivity contribution < 1.29 is 9.47 Å². The van der Waals surface area contributed by atoms with E-state index in [2.05, 4.69) is 4.90 Å². The molecule has 0 saturated heterocycles. The number of methoxy groups -OCH3 is 1. The molecule has 2 N–H and O–H groups in total. The Kier molecular flexibility index (Phi) is 9.63. The number of hydrogen-bond donors (Lipinski definition) is 1.